The van der Waals surface area contributed by atoms with Crippen LogP contribution in [0.5, 0.6) is 0 Å². The summed E-state index contributed by atoms with van der Waals surface area (Å²) >= 11 is 0. The van der Waals surface area contributed by atoms with Crippen molar-refractivity contribution < 1.29 is 13.9 Å². The van der Waals surface area contributed by atoms with Crippen molar-refractivity contribution >= 4 is 5.91 Å². The van der Waals surface area contributed by atoms with Gasteiger partial charge in [-0.25, -0.2) is 10.2 Å². The number of halogens is 1. The van der Waals surface area contributed by atoms with Gasteiger partial charge < -0.3 is 4.74 Å². The Morgan fingerprint density at radius 1 is 1.44 bits per heavy atom. The summed E-state index contributed by atoms with van der Waals surface area (Å²) in [5.74, 6) is 4.18. The highest BCUT2D eigenvalue weighted by atomic mass is 19.1. The molecular formula is C12H22FN3O2. The quantitative estimate of drug-likeness (QED) is 0.427. The highest BCUT2D eigenvalue weighted by Gasteiger charge is 2.30. The van der Waals surface area contributed by atoms with E-state index in [-0.39, 0.29) is 17.9 Å². The van der Waals surface area contributed by atoms with Crippen LogP contribution in [0.3, 0.4) is 0 Å². The Hall–Kier alpha value is -0.980. The molecule has 1 heterocycles. The second kappa shape index (κ2) is 7.45. The van der Waals surface area contributed by atoms with E-state index in [1.165, 1.54) is 6.08 Å². The van der Waals surface area contributed by atoms with Gasteiger partial charge in [0.25, 0.3) is 0 Å². The van der Waals surface area contributed by atoms with Gasteiger partial charge in [0, 0.05) is 19.1 Å². The summed E-state index contributed by atoms with van der Waals surface area (Å²) in [5, 5.41) is 0. The lowest BCUT2D eigenvalue weighted by Crippen LogP contribution is -2.49. The molecule has 6 heteroatoms. The number of hydrogen-bond acceptors (Lipinski definition) is 4. The number of rotatable bonds is 5. The van der Waals surface area contributed by atoms with Gasteiger partial charge in [-0.1, -0.05) is 6.92 Å². The van der Waals surface area contributed by atoms with E-state index in [0.717, 1.165) is 13.1 Å². The number of ether oxygens (including phenoxy) is 1. The number of nitrogens with one attached hydrogen (secondary N) is 1. The molecular weight excluding hydrogens is 237 g/mol. The summed E-state index contributed by atoms with van der Waals surface area (Å²) < 4.78 is 17.7. The highest BCUT2D eigenvalue weighted by molar-refractivity contribution is 5.80. The second-order valence-corrected chi connectivity index (χ2v) is 4.60. The van der Waals surface area contributed by atoms with Gasteiger partial charge >= 0.3 is 0 Å². The summed E-state index contributed by atoms with van der Waals surface area (Å²) in [6.07, 6.45) is 1.66. The normalized spacial score (nSPS) is 22.7. The van der Waals surface area contributed by atoms with Gasteiger partial charge in [-0.15, -0.1) is 0 Å². The molecule has 1 fully saturated rings. The molecule has 5 nitrogen and oxygen atoms in total. The smallest absolute Gasteiger partial charge is 0.241 e. The first kappa shape index (κ1) is 15.1. The molecule has 1 rings (SSSR count). The number of carbonyl (C=O) groups excluding carboxylic acids is 1. The van der Waals surface area contributed by atoms with Crippen LogP contribution in [0.25, 0.3) is 0 Å². The number of hydrazine groups is 1. The van der Waals surface area contributed by atoms with Crippen molar-refractivity contribution in [1.82, 2.24) is 10.3 Å². The standard InChI is InChI=1S/C12H22FN3O2/c1-9(11(3-4-13)12(17)15-14)10(2)16-5-7-18-8-6-16/h3-4,9-11H,5-8,14H2,1-2H3,(H,15,17)/b4-3+/t9?,10?,11-/m0/s1. The van der Waals surface area contributed by atoms with E-state index in [9.17, 15) is 9.18 Å². The molecule has 0 aliphatic carbocycles. The fourth-order valence-corrected chi connectivity index (χ4v) is 2.29. The van der Waals surface area contributed by atoms with Crippen LogP contribution in [0.1, 0.15) is 13.8 Å². The van der Waals surface area contributed by atoms with E-state index in [0.29, 0.717) is 19.5 Å². The predicted octanol–water partition coefficient (Wildman–Crippen LogP) is 0.433. The average molecular weight is 259 g/mol. The van der Waals surface area contributed by atoms with E-state index in [1.54, 1.807) is 0 Å². The van der Waals surface area contributed by atoms with Crippen molar-refractivity contribution in [3.8, 4) is 0 Å². The van der Waals surface area contributed by atoms with Gasteiger partial charge in [0.2, 0.25) is 5.91 Å². The Kier molecular flexibility index (Phi) is 6.24. The van der Waals surface area contributed by atoms with Gasteiger partial charge in [-0.3, -0.25) is 15.1 Å². The van der Waals surface area contributed by atoms with E-state index in [4.69, 9.17) is 10.6 Å². The van der Waals surface area contributed by atoms with Crippen LogP contribution < -0.4 is 11.3 Å². The first-order valence-corrected chi connectivity index (χ1v) is 6.21. The molecule has 1 amide bonds. The topological polar surface area (TPSA) is 67.6 Å². The Bertz CT molecular complexity index is 293. The first-order valence-electron chi connectivity index (χ1n) is 6.21. The predicted molar refractivity (Wildman–Crippen MR) is 67.1 cm³/mol. The zero-order valence-corrected chi connectivity index (χ0v) is 10.9. The van der Waals surface area contributed by atoms with E-state index >= 15 is 0 Å². The van der Waals surface area contributed by atoms with Crippen LogP contribution in [0.4, 0.5) is 4.39 Å². The Morgan fingerprint density at radius 2 is 2.06 bits per heavy atom. The number of amides is 1. The molecule has 18 heavy (non-hydrogen) atoms. The van der Waals surface area contributed by atoms with Crippen molar-refractivity contribution in [1.29, 1.82) is 0 Å². The maximum atomic E-state index is 12.4. The summed E-state index contributed by atoms with van der Waals surface area (Å²) in [6.45, 7) is 7.04. The Balaban J connectivity index is 2.68. The molecule has 3 atom stereocenters. The number of nitrogens with zero attached hydrogens (tertiary/aromatic N) is 1. The van der Waals surface area contributed by atoms with Gasteiger partial charge in [0.1, 0.15) is 0 Å². The molecule has 1 saturated heterocycles. The maximum Gasteiger partial charge on any atom is 0.241 e. The van der Waals surface area contributed by atoms with E-state index in [1.807, 2.05) is 13.8 Å². The van der Waals surface area contributed by atoms with Crippen molar-refractivity contribution in [2.75, 3.05) is 26.3 Å². The molecule has 3 N–H and O–H groups in total. The largest absolute Gasteiger partial charge is 0.379 e. The monoisotopic (exact) mass is 259 g/mol. The van der Waals surface area contributed by atoms with Gasteiger partial charge in [0.05, 0.1) is 25.5 Å². The minimum Gasteiger partial charge on any atom is -0.379 e. The third-order valence-electron chi connectivity index (χ3n) is 3.67. The van der Waals surface area contributed by atoms with Crippen molar-refractivity contribution in [3.05, 3.63) is 12.4 Å². The zero-order chi connectivity index (χ0) is 13.5. The lowest BCUT2D eigenvalue weighted by molar-refractivity contribution is -0.125. The van der Waals surface area contributed by atoms with Gasteiger partial charge in [-0.05, 0) is 18.9 Å². The Morgan fingerprint density at radius 3 is 2.56 bits per heavy atom. The highest BCUT2D eigenvalue weighted by Crippen LogP contribution is 2.22. The summed E-state index contributed by atoms with van der Waals surface area (Å²) in [5.41, 5.74) is 2.09. The van der Waals surface area contributed by atoms with E-state index < -0.39 is 5.92 Å². The van der Waals surface area contributed by atoms with Crippen LogP contribution in [-0.2, 0) is 9.53 Å². The van der Waals surface area contributed by atoms with Gasteiger partial charge in [-0.2, -0.15) is 0 Å². The van der Waals surface area contributed by atoms with Crippen molar-refractivity contribution in [2.24, 2.45) is 17.7 Å². The molecule has 104 valence electrons. The van der Waals surface area contributed by atoms with Crippen LogP contribution in [-0.4, -0.2) is 43.2 Å². The van der Waals surface area contributed by atoms with Crippen molar-refractivity contribution in [3.63, 3.8) is 0 Å². The lowest BCUT2D eigenvalue weighted by atomic mass is 9.86. The summed E-state index contributed by atoms with van der Waals surface area (Å²) in [7, 11) is 0. The Labute approximate surface area is 107 Å². The zero-order valence-electron chi connectivity index (χ0n) is 10.9. The van der Waals surface area contributed by atoms with Crippen LogP contribution >= 0.6 is 0 Å². The average Bonchev–Trinajstić information content (AvgIpc) is 2.43. The maximum absolute atomic E-state index is 12.4. The molecule has 0 radical (unpaired) electrons. The molecule has 0 aromatic rings. The second-order valence-electron chi connectivity index (χ2n) is 4.60. The number of nitrogens with two attached hydrogens (primary N) is 1. The SMILES string of the molecule is CC(C(C)N1CCOCC1)[C@H](/C=C/F)C(=O)NN. The molecule has 0 spiro atoms. The molecule has 0 aromatic carbocycles. The van der Waals surface area contributed by atoms with Gasteiger partial charge in [0.15, 0.2) is 0 Å². The third kappa shape index (κ3) is 3.76. The lowest BCUT2D eigenvalue weighted by Gasteiger charge is -2.37. The molecule has 1 aliphatic heterocycles. The molecule has 0 bridgehead atoms. The minimum absolute atomic E-state index is 0.0290. The van der Waals surface area contributed by atoms with E-state index in [2.05, 4.69) is 10.3 Å². The minimum atomic E-state index is -0.558. The summed E-state index contributed by atoms with van der Waals surface area (Å²) in [6, 6.07) is 0.160. The fraction of sp³-hybridized carbons (Fsp3) is 0.750. The molecule has 0 aromatic heterocycles. The fourth-order valence-electron chi connectivity index (χ4n) is 2.29. The van der Waals surface area contributed by atoms with Crippen LogP contribution in [0, 0.1) is 11.8 Å². The number of morpholine rings is 1. The van der Waals surface area contributed by atoms with Crippen LogP contribution in [0.15, 0.2) is 12.4 Å². The first-order chi connectivity index (χ1) is 8.61. The summed E-state index contributed by atoms with van der Waals surface area (Å²) in [4.78, 5) is 13.9. The molecule has 1 aliphatic rings. The van der Waals surface area contributed by atoms with Crippen molar-refractivity contribution in [2.45, 2.75) is 19.9 Å². The molecule has 0 saturated carbocycles. The number of carbonyl (C=O) groups is 1. The van der Waals surface area contributed by atoms with Crippen LogP contribution in [0.2, 0.25) is 0 Å². The third-order valence-corrected chi connectivity index (χ3v) is 3.67. The molecule has 2 unspecified atom stereocenters. The number of hydrogen-bond donors (Lipinski definition) is 2.